The lowest BCUT2D eigenvalue weighted by atomic mass is 9.84. The van der Waals surface area contributed by atoms with Crippen molar-refractivity contribution in [3.63, 3.8) is 0 Å². The number of hydrogen-bond donors (Lipinski definition) is 6. The number of nitrogens with zero attached hydrogens (tertiary/aromatic N) is 1. The number of nitrogens with one attached hydrogen (secondary N) is 4. The van der Waals surface area contributed by atoms with Crippen LogP contribution < -0.4 is 27.4 Å². The zero-order chi connectivity index (χ0) is 36.2. The molecule has 0 spiro atoms. The van der Waals surface area contributed by atoms with E-state index in [-0.39, 0.29) is 11.8 Å². The largest absolute Gasteiger partial charge is 0.361 e. The van der Waals surface area contributed by atoms with Gasteiger partial charge in [0.2, 0.25) is 23.6 Å². The molecule has 2 aromatic carbocycles. The van der Waals surface area contributed by atoms with Crippen molar-refractivity contribution in [2.75, 3.05) is 13.1 Å². The van der Waals surface area contributed by atoms with Crippen LogP contribution in [0.15, 0.2) is 60.8 Å². The van der Waals surface area contributed by atoms with E-state index in [0.29, 0.717) is 58.0 Å². The molecule has 2 aliphatic rings. The average molecular weight is 700 g/mol. The maximum atomic E-state index is 14.0. The summed E-state index contributed by atoms with van der Waals surface area (Å²) in [6, 6.07) is 13.0. The van der Waals surface area contributed by atoms with Gasteiger partial charge in [-0.2, -0.15) is 0 Å². The molecule has 1 aliphatic heterocycles. The van der Waals surface area contributed by atoms with Gasteiger partial charge in [-0.05, 0) is 68.2 Å². The number of nitrogens with two attached hydrogens (primary N) is 2. The number of hydrogen-bond acceptors (Lipinski definition) is 7. The van der Waals surface area contributed by atoms with Gasteiger partial charge in [0, 0.05) is 30.1 Å². The van der Waals surface area contributed by atoms with Gasteiger partial charge in [-0.25, -0.2) is 0 Å². The summed E-state index contributed by atoms with van der Waals surface area (Å²) in [5.74, 6) is -1.39. The fourth-order valence-corrected chi connectivity index (χ4v) is 7.53. The molecule has 12 nitrogen and oxygen atoms in total. The molecule has 2 fully saturated rings. The molecule has 51 heavy (non-hydrogen) atoms. The summed E-state index contributed by atoms with van der Waals surface area (Å²) >= 11 is 0. The second-order valence-corrected chi connectivity index (χ2v) is 14.1. The summed E-state index contributed by atoms with van der Waals surface area (Å²) in [4.78, 5) is 71.9. The Balaban J connectivity index is 1.26. The predicted octanol–water partition coefficient (Wildman–Crippen LogP) is 2.63. The van der Waals surface area contributed by atoms with Gasteiger partial charge in [-0.3, -0.25) is 19.2 Å². The number of amides is 4. The normalized spacial score (nSPS) is 18.8. The van der Waals surface area contributed by atoms with Crippen LogP contribution in [-0.4, -0.2) is 83.1 Å². The van der Waals surface area contributed by atoms with Crippen molar-refractivity contribution in [3.05, 3.63) is 71.9 Å². The number of carbonyl (C=O) groups excluding carboxylic acids is 5. The van der Waals surface area contributed by atoms with Crippen LogP contribution in [0.25, 0.3) is 10.9 Å². The number of rotatable bonds is 17. The summed E-state index contributed by atoms with van der Waals surface area (Å²) in [5.41, 5.74) is 14.8. The third-order valence-corrected chi connectivity index (χ3v) is 10.3. The Bertz CT molecular complexity index is 1620. The predicted molar refractivity (Wildman–Crippen MR) is 196 cm³/mol. The van der Waals surface area contributed by atoms with Crippen molar-refractivity contribution in [1.29, 1.82) is 0 Å². The van der Waals surface area contributed by atoms with Crippen molar-refractivity contribution in [3.8, 4) is 0 Å². The highest BCUT2D eigenvalue weighted by atomic mass is 16.2. The van der Waals surface area contributed by atoms with E-state index >= 15 is 0 Å². The van der Waals surface area contributed by atoms with E-state index in [1.807, 2.05) is 60.8 Å². The van der Waals surface area contributed by atoms with E-state index in [4.69, 9.17) is 11.5 Å². The van der Waals surface area contributed by atoms with Gasteiger partial charge in [0.15, 0.2) is 0 Å². The molecular formula is C39H53N7O5. The zero-order valence-electron chi connectivity index (χ0n) is 29.4. The lowest BCUT2D eigenvalue weighted by molar-refractivity contribution is -0.142. The van der Waals surface area contributed by atoms with Crippen LogP contribution in [0.2, 0.25) is 0 Å². The number of aldehydes is 1. The molecule has 5 atom stereocenters. The lowest BCUT2D eigenvalue weighted by Crippen LogP contribution is -2.58. The molecule has 1 aromatic heterocycles. The van der Waals surface area contributed by atoms with Crippen molar-refractivity contribution in [1.82, 2.24) is 25.8 Å². The highest BCUT2D eigenvalue weighted by Crippen LogP contribution is 2.28. The Hall–Kier alpha value is -4.55. The minimum atomic E-state index is -0.893. The smallest absolute Gasteiger partial charge is 0.245 e. The summed E-state index contributed by atoms with van der Waals surface area (Å²) in [6.07, 6.45) is 10.7. The standard InChI is InChI=1S/C39H53N7O5/c40-19-9-17-33(44-36(48)31(41)21-26-11-3-1-4-12-26)39(51)46-20-10-18-35(46)38(50)45-34(22-27-13-5-2-6-14-27)37(49)43-29(25-47)23-28-24-42-32-16-8-7-15-30(28)32/h1,3-4,7-8,11-12,15-16,24-25,27,29,31,33-35,42H,2,5-6,9-10,13-14,17-23,40-41H2,(H,43,49)(H,44,48)(H,45,50)/t29-,31-,33-,34+,35-/m0/s1. The number of likely N-dealkylation sites (tertiary alicyclic amines) is 1. The summed E-state index contributed by atoms with van der Waals surface area (Å²) in [6.45, 7) is 0.680. The number of aromatic nitrogens is 1. The van der Waals surface area contributed by atoms with Crippen LogP contribution >= 0.6 is 0 Å². The molecule has 274 valence electrons. The van der Waals surface area contributed by atoms with E-state index in [2.05, 4.69) is 20.9 Å². The van der Waals surface area contributed by atoms with Crippen LogP contribution in [0.4, 0.5) is 0 Å². The van der Waals surface area contributed by atoms with Gasteiger partial charge in [0.1, 0.15) is 24.4 Å². The maximum absolute atomic E-state index is 14.0. The van der Waals surface area contributed by atoms with E-state index in [1.54, 1.807) is 0 Å². The fourth-order valence-electron chi connectivity index (χ4n) is 7.53. The van der Waals surface area contributed by atoms with Gasteiger partial charge in [-0.15, -0.1) is 0 Å². The molecule has 8 N–H and O–H groups in total. The minimum absolute atomic E-state index is 0.260. The van der Waals surface area contributed by atoms with E-state index in [9.17, 15) is 24.0 Å². The first-order chi connectivity index (χ1) is 24.8. The van der Waals surface area contributed by atoms with Crippen molar-refractivity contribution >= 4 is 40.8 Å². The lowest BCUT2D eigenvalue weighted by Gasteiger charge is -2.31. The average Bonchev–Trinajstić information content (AvgIpc) is 3.81. The van der Waals surface area contributed by atoms with Crippen LogP contribution in [0.5, 0.6) is 0 Å². The molecule has 0 radical (unpaired) electrons. The first-order valence-corrected chi connectivity index (χ1v) is 18.5. The Morgan fingerprint density at radius 1 is 0.863 bits per heavy atom. The Morgan fingerprint density at radius 2 is 1.61 bits per heavy atom. The number of H-pyrrole nitrogens is 1. The summed E-state index contributed by atoms with van der Waals surface area (Å²) < 4.78 is 0. The Labute approximate surface area is 299 Å². The van der Waals surface area contributed by atoms with E-state index in [0.717, 1.165) is 60.4 Å². The highest BCUT2D eigenvalue weighted by Gasteiger charge is 2.39. The third kappa shape index (κ3) is 10.3. The molecule has 1 saturated carbocycles. The van der Waals surface area contributed by atoms with Crippen molar-refractivity contribution in [2.24, 2.45) is 17.4 Å². The topological polar surface area (TPSA) is 193 Å². The van der Waals surface area contributed by atoms with Crippen LogP contribution in [0, 0.1) is 5.92 Å². The Kier molecular flexibility index (Phi) is 13.8. The number of carbonyl (C=O) groups is 5. The molecule has 1 aliphatic carbocycles. The van der Waals surface area contributed by atoms with Crippen molar-refractivity contribution in [2.45, 2.75) is 107 Å². The van der Waals surface area contributed by atoms with Crippen LogP contribution in [0.3, 0.4) is 0 Å². The van der Waals surface area contributed by atoms with E-state index < -0.39 is 47.9 Å². The molecule has 3 aromatic rings. The SMILES string of the molecule is NCCC[C@H](NC(=O)[C@@H](N)Cc1ccccc1)C(=O)N1CCC[C@H]1C(=O)N[C@H](CC1CCCCC1)C(=O)N[C@H](C=O)Cc1c[nH]c2ccccc12. The molecule has 12 heteroatoms. The third-order valence-electron chi connectivity index (χ3n) is 10.3. The van der Waals surface area contributed by atoms with Gasteiger partial charge < -0.3 is 42.1 Å². The van der Waals surface area contributed by atoms with E-state index in [1.165, 1.54) is 4.90 Å². The number of fused-ring (bicyclic) bond motifs is 1. The van der Waals surface area contributed by atoms with Gasteiger partial charge in [0.05, 0.1) is 12.1 Å². The first kappa shape index (κ1) is 37.7. The fraction of sp³-hybridized carbons (Fsp3) is 0.513. The number of aromatic amines is 1. The number of benzene rings is 2. The second kappa shape index (κ2) is 18.6. The van der Waals surface area contributed by atoms with Gasteiger partial charge in [0.25, 0.3) is 0 Å². The summed E-state index contributed by atoms with van der Waals surface area (Å²) in [5, 5.41) is 9.69. The molecule has 2 heterocycles. The molecule has 0 unspecified atom stereocenters. The van der Waals surface area contributed by atoms with Crippen LogP contribution in [-0.2, 0) is 36.8 Å². The van der Waals surface area contributed by atoms with Gasteiger partial charge in [-0.1, -0.05) is 80.6 Å². The minimum Gasteiger partial charge on any atom is -0.361 e. The number of para-hydroxylation sites is 1. The van der Waals surface area contributed by atoms with Crippen LogP contribution in [0.1, 0.15) is 75.3 Å². The van der Waals surface area contributed by atoms with Gasteiger partial charge >= 0.3 is 0 Å². The molecule has 4 amide bonds. The Morgan fingerprint density at radius 3 is 2.35 bits per heavy atom. The molecule has 5 rings (SSSR count). The highest BCUT2D eigenvalue weighted by molar-refractivity contribution is 5.95. The second-order valence-electron chi connectivity index (χ2n) is 14.1. The quantitative estimate of drug-likeness (QED) is 0.117. The molecule has 0 bridgehead atoms. The molecule has 1 saturated heterocycles. The van der Waals surface area contributed by atoms with Crippen molar-refractivity contribution < 1.29 is 24.0 Å². The first-order valence-electron chi connectivity index (χ1n) is 18.5. The summed E-state index contributed by atoms with van der Waals surface area (Å²) in [7, 11) is 0. The maximum Gasteiger partial charge on any atom is 0.245 e. The molecular weight excluding hydrogens is 646 g/mol. The monoisotopic (exact) mass is 699 g/mol. The zero-order valence-corrected chi connectivity index (χ0v) is 29.4.